The molecule has 4 aromatic carbocycles. The summed E-state index contributed by atoms with van der Waals surface area (Å²) in [6.07, 6.45) is 0. The molecule has 5 aromatic rings. The van der Waals surface area contributed by atoms with Gasteiger partial charge in [0.05, 0.1) is 40.9 Å². The van der Waals surface area contributed by atoms with Crippen molar-refractivity contribution >= 4 is 55.9 Å². The van der Waals surface area contributed by atoms with Gasteiger partial charge in [-0.25, -0.2) is 0 Å². The average Bonchev–Trinajstić information content (AvgIpc) is 3.31. The Balaban J connectivity index is 1.42. The molecule has 0 aliphatic heterocycles. The zero-order valence-corrected chi connectivity index (χ0v) is 22.5. The van der Waals surface area contributed by atoms with E-state index in [-0.39, 0.29) is 18.9 Å². The van der Waals surface area contributed by atoms with Crippen molar-refractivity contribution in [1.29, 1.82) is 0 Å². The Kier molecular flexibility index (Phi) is 8.37. The van der Waals surface area contributed by atoms with Gasteiger partial charge in [-0.3, -0.25) is 10.1 Å². The van der Waals surface area contributed by atoms with Gasteiger partial charge in [0, 0.05) is 59.3 Å². The predicted octanol–water partition coefficient (Wildman–Crippen LogP) is 7.34. The van der Waals surface area contributed by atoms with Crippen LogP contribution >= 0.6 is 0 Å². The summed E-state index contributed by atoms with van der Waals surface area (Å²) < 4.78 is 2.23. The minimum absolute atomic E-state index is 0.00250. The smallest absolute Gasteiger partial charge is 0.269 e. The van der Waals surface area contributed by atoms with Crippen LogP contribution in [0.5, 0.6) is 0 Å². The molecule has 0 saturated carbocycles. The Morgan fingerprint density at radius 1 is 0.707 bits per heavy atom. The number of nitro groups is 1. The molecule has 2 N–H and O–H groups in total. The molecule has 11 nitrogen and oxygen atoms in total. The first-order valence-electron chi connectivity index (χ1n) is 13.2. The van der Waals surface area contributed by atoms with Crippen LogP contribution < -0.4 is 4.90 Å². The molecule has 0 amide bonds. The number of aliphatic hydroxyl groups is 2. The summed E-state index contributed by atoms with van der Waals surface area (Å²) in [5.74, 6) is 0. The van der Waals surface area contributed by atoms with E-state index in [1.54, 1.807) is 12.1 Å². The maximum Gasteiger partial charge on any atom is 0.269 e. The largest absolute Gasteiger partial charge is 0.395 e. The number of azo groups is 2. The molecule has 0 spiro atoms. The molecule has 1 heterocycles. The summed E-state index contributed by atoms with van der Waals surface area (Å²) in [6, 6.07) is 25.3. The summed E-state index contributed by atoms with van der Waals surface area (Å²) in [4.78, 5) is 12.3. The molecule has 0 unspecified atom stereocenters. The van der Waals surface area contributed by atoms with Crippen molar-refractivity contribution < 1.29 is 15.1 Å². The monoisotopic (exact) mass is 551 g/mol. The minimum atomic E-state index is -0.448. The van der Waals surface area contributed by atoms with Crippen LogP contribution in [0.3, 0.4) is 0 Å². The predicted molar refractivity (Wildman–Crippen MR) is 159 cm³/mol. The zero-order valence-electron chi connectivity index (χ0n) is 22.5. The highest BCUT2D eigenvalue weighted by atomic mass is 16.6. The number of hydrogen-bond acceptors (Lipinski definition) is 9. The van der Waals surface area contributed by atoms with Gasteiger partial charge < -0.3 is 19.7 Å². The number of non-ortho nitro benzene ring substituents is 1. The lowest BCUT2D eigenvalue weighted by atomic mass is 10.1. The lowest BCUT2D eigenvalue weighted by molar-refractivity contribution is -0.384. The van der Waals surface area contributed by atoms with Crippen molar-refractivity contribution in [3.63, 3.8) is 0 Å². The second-order valence-electron chi connectivity index (χ2n) is 9.27. The molecule has 208 valence electrons. The van der Waals surface area contributed by atoms with Crippen molar-refractivity contribution in [3.8, 4) is 0 Å². The number of hydrogen-bond donors (Lipinski definition) is 2. The van der Waals surface area contributed by atoms with Crippen LogP contribution in [0.2, 0.25) is 0 Å². The molecular formula is C30H29N7O4. The van der Waals surface area contributed by atoms with Gasteiger partial charge >= 0.3 is 0 Å². The number of aliphatic hydroxyl groups excluding tert-OH is 2. The molecule has 0 bridgehead atoms. The first kappa shape index (κ1) is 27.6. The van der Waals surface area contributed by atoms with E-state index < -0.39 is 4.92 Å². The maximum atomic E-state index is 10.9. The van der Waals surface area contributed by atoms with E-state index >= 15 is 0 Å². The SMILES string of the molecule is CCn1c2ccc(N=Nc3ccc(N(CCO)CCO)cc3)cc2c2cc(N=Nc3ccc([N+](=O)[O-])cc3)ccc21. The Labute approximate surface area is 235 Å². The highest BCUT2D eigenvalue weighted by Gasteiger charge is 2.12. The topological polar surface area (TPSA) is 141 Å². The van der Waals surface area contributed by atoms with Gasteiger partial charge in [0.2, 0.25) is 0 Å². The Morgan fingerprint density at radius 3 is 1.59 bits per heavy atom. The third-order valence-corrected chi connectivity index (χ3v) is 6.73. The highest BCUT2D eigenvalue weighted by molar-refractivity contribution is 6.09. The molecule has 41 heavy (non-hydrogen) atoms. The minimum Gasteiger partial charge on any atom is -0.395 e. The first-order valence-corrected chi connectivity index (χ1v) is 13.2. The van der Waals surface area contributed by atoms with Gasteiger partial charge in [-0.15, -0.1) is 0 Å². The zero-order chi connectivity index (χ0) is 28.8. The van der Waals surface area contributed by atoms with Crippen molar-refractivity contribution in [2.45, 2.75) is 13.5 Å². The summed E-state index contributed by atoms with van der Waals surface area (Å²) in [5, 5.41) is 48.9. The second-order valence-corrected chi connectivity index (χ2v) is 9.27. The molecule has 0 saturated heterocycles. The van der Waals surface area contributed by atoms with E-state index in [1.165, 1.54) is 12.1 Å². The van der Waals surface area contributed by atoms with Crippen LogP contribution in [0.25, 0.3) is 21.8 Å². The van der Waals surface area contributed by atoms with E-state index in [0.29, 0.717) is 35.8 Å². The highest BCUT2D eigenvalue weighted by Crippen LogP contribution is 2.35. The summed E-state index contributed by atoms with van der Waals surface area (Å²) in [6.45, 7) is 3.77. The number of benzene rings is 4. The molecule has 1 aromatic heterocycles. The number of aromatic nitrogens is 1. The summed E-state index contributed by atoms with van der Waals surface area (Å²) in [5.41, 5.74) is 5.61. The molecular weight excluding hydrogens is 522 g/mol. The van der Waals surface area contributed by atoms with E-state index in [0.717, 1.165) is 34.0 Å². The van der Waals surface area contributed by atoms with E-state index in [9.17, 15) is 20.3 Å². The van der Waals surface area contributed by atoms with Gasteiger partial charge in [0.1, 0.15) is 0 Å². The number of fused-ring (bicyclic) bond motifs is 3. The second kappa shape index (κ2) is 12.5. The van der Waals surface area contributed by atoms with Crippen LogP contribution in [0.4, 0.5) is 34.1 Å². The Bertz CT molecular complexity index is 1720. The normalized spacial score (nSPS) is 11.8. The first-order chi connectivity index (χ1) is 20.0. The fraction of sp³-hybridized carbons (Fsp3) is 0.200. The van der Waals surface area contributed by atoms with E-state index in [2.05, 4.69) is 31.9 Å². The number of anilines is 1. The molecule has 5 rings (SSSR count). The van der Waals surface area contributed by atoms with Crippen LogP contribution in [0, 0.1) is 10.1 Å². The molecule has 0 aliphatic carbocycles. The number of aryl methyl sites for hydroxylation is 1. The molecule has 0 radical (unpaired) electrons. The fourth-order valence-electron chi connectivity index (χ4n) is 4.76. The van der Waals surface area contributed by atoms with Gasteiger partial charge in [0.15, 0.2) is 0 Å². The van der Waals surface area contributed by atoms with Crippen molar-refractivity contribution in [2.75, 3.05) is 31.2 Å². The third-order valence-electron chi connectivity index (χ3n) is 6.73. The van der Waals surface area contributed by atoms with Crippen molar-refractivity contribution in [1.82, 2.24) is 4.57 Å². The van der Waals surface area contributed by atoms with Gasteiger partial charge in [-0.05, 0) is 79.7 Å². The third kappa shape index (κ3) is 6.11. The van der Waals surface area contributed by atoms with Crippen molar-refractivity contribution in [3.05, 3.63) is 95.0 Å². The van der Waals surface area contributed by atoms with Gasteiger partial charge in [-0.2, -0.15) is 20.5 Å². The molecule has 0 atom stereocenters. The Hall–Kier alpha value is -5.00. The molecule has 0 fully saturated rings. The average molecular weight is 552 g/mol. The maximum absolute atomic E-state index is 10.9. The quantitative estimate of drug-likeness (QED) is 0.100. The van der Waals surface area contributed by atoms with Crippen LogP contribution in [0.15, 0.2) is 105 Å². The molecule has 0 aliphatic rings. The van der Waals surface area contributed by atoms with Gasteiger partial charge in [-0.1, -0.05) is 0 Å². The number of nitrogens with zero attached hydrogens (tertiary/aromatic N) is 7. The lowest BCUT2D eigenvalue weighted by Crippen LogP contribution is -2.29. The fourth-order valence-corrected chi connectivity index (χ4v) is 4.76. The lowest BCUT2D eigenvalue weighted by Gasteiger charge is -2.22. The van der Waals surface area contributed by atoms with Crippen LogP contribution in [0.1, 0.15) is 6.92 Å². The number of rotatable bonds is 11. The van der Waals surface area contributed by atoms with Crippen LogP contribution in [-0.2, 0) is 6.54 Å². The standard InChI is InChI=1S/C30H29N7O4/c1-2-36-29-13-7-23(33-31-21-3-9-25(10-4-21)35(15-17-38)16-18-39)19-27(29)28-20-24(8-14-30(28)36)34-32-22-5-11-26(12-6-22)37(40)41/h3-14,19-20,38-39H,2,15-18H2,1H3. The molecule has 11 heteroatoms. The van der Waals surface area contributed by atoms with Gasteiger partial charge in [0.25, 0.3) is 5.69 Å². The summed E-state index contributed by atoms with van der Waals surface area (Å²) in [7, 11) is 0. The van der Waals surface area contributed by atoms with Crippen LogP contribution in [-0.4, -0.2) is 46.0 Å². The van der Waals surface area contributed by atoms with E-state index in [1.807, 2.05) is 65.6 Å². The summed E-state index contributed by atoms with van der Waals surface area (Å²) >= 11 is 0. The Morgan fingerprint density at radius 2 is 1.15 bits per heavy atom. The van der Waals surface area contributed by atoms with Crippen molar-refractivity contribution in [2.24, 2.45) is 20.5 Å². The van der Waals surface area contributed by atoms with E-state index in [4.69, 9.17) is 0 Å². The number of nitro benzene ring substituents is 1.